The van der Waals surface area contributed by atoms with Gasteiger partial charge in [0.25, 0.3) is 20.2 Å². The Balaban J connectivity index is 1.41. The van der Waals surface area contributed by atoms with Crippen molar-refractivity contribution < 1.29 is 25.9 Å². The van der Waals surface area contributed by atoms with E-state index >= 15 is 0 Å². The largest absolute Gasteiger partial charge is 0.295 e. The van der Waals surface area contributed by atoms with Gasteiger partial charge in [-0.15, -0.1) is 0 Å². The summed E-state index contributed by atoms with van der Waals surface area (Å²) in [5, 5.41) is 0. The molecule has 0 aliphatic heterocycles. The molecule has 262 valence electrons. The lowest BCUT2D eigenvalue weighted by Crippen LogP contribution is -2.20. The Morgan fingerprint density at radius 1 is 0.574 bits per heavy atom. The van der Waals surface area contributed by atoms with Crippen LogP contribution in [0.25, 0.3) is 0 Å². The van der Waals surface area contributed by atoms with Gasteiger partial charge in [0.1, 0.15) is 9.79 Å². The molecule has 0 aromatic heterocycles. The van der Waals surface area contributed by atoms with Gasteiger partial charge in [-0.25, -0.2) is 0 Å². The van der Waals surface area contributed by atoms with Crippen LogP contribution in [0.2, 0.25) is 0 Å². The van der Waals surface area contributed by atoms with Gasteiger partial charge in [-0.05, 0) is 133 Å². The van der Waals surface area contributed by atoms with E-state index in [1.165, 1.54) is 18.4 Å². The Bertz CT molecular complexity index is 1570. The third kappa shape index (κ3) is 8.53. The van der Waals surface area contributed by atoms with Crippen molar-refractivity contribution in [3.8, 4) is 0 Å². The Morgan fingerprint density at radius 3 is 1.47 bits per heavy atom. The summed E-state index contributed by atoms with van der Waals surface area (Å²) >= 11 is 0. The summed E-state index contributed by atoms with van der Waals surface area (Å²) in [7, 11) is -8.73. The molecule has 5 rings (SSSR count). The van der Waals surface area contributed by atoms with E-state index in [1.54, 1.807) is 0 Å². The van der Waals surface area contributed by atoms with E-state index in [2.05, 4.69) is 32.9 Å². The average molecular weight is 687 g/mol. The second-order valence-corrected chi connectivity index (χ2v) is 18.6. The van der Waals surface area contributed by atoms with Crippen LogP contribution in [0.3, 0.4) is 0 Å². The lowest BCUT2D eigenvalue weighted by atomic mass is 9.72. The molecule has 3 aliphatic carbocycles. The summed E-state index contributed by atoms with van der Waals surface area (Å²) in [6, 6.07) is 8.27. The average Bonchev–Trinajstić information content (AvgIpc) is 3.03. The minimum absolute atomic E-state index is 0.0190. The highest BCUT2D eigenvalue weighted by atomic mass is 32.2. The smallest absolute Gasteiger partial charge is 0.282 e. The molecule has 2 N–H and O–H groups in total. The topological polar surface area (TPSA) is 109 Å². The Hall–Kier alpha value is -1.74. The van der Waals surface area contributed by atoms with Gasteiger partial charge in [-0.1, -0.05) is 97.4 Å². The molecule has 3 saturated carbocycles. The van der Waals surface area contributed by atoms with Crippen LogP contribution in [0.15, 0.2) is 34.1 Å². The second kappa shape index (κ2) is 15.0. The van der Waals surface area contributed by atoms with Gasteiger partial charge in [-0.2, -0.15) is 16.8 Å². The third-order valence-corrected chi connectivity index (χ3v) is 13.7. The van der Waals surface area contributed by atoms with Gasteiger partial charge in [0.05, 0.1) is 0 Å². The highest BCUT2D eigenvalue weighted by Crippen LogP contribution is 2.47. The number of benzene rings is 2. The lowest BCUT2D eigenvalue weighted by molar-refractivity contribution is 0.295. The van der Waals surface area contributed by atoms with E-state index in [0.717, 1.165) is 106 Å². The molecular formula is C39H58O6S2. The molecule has 1 unspecified atom stereocenters. The van der Waals surface area contributed by atoms with Crippen molar-refractivity contribution in [1.82, 2.24) is 0 Å². The quantitative estimate of drug-likeness (QED) is 0.241. The molecule has 0 bridgehead atoms. The van der Waals surface area contributed by atoms with Crippen LogP contribution in [0, 0.1) is 5.92 Å². The lowest BCUT2D eigenvalue weighted by Gasteiger charge is -2.34. The van der Waals surface area contributed by atoms with Crippen molar-refractivity contribution in [2.45, 2.75) is 176 Å². The molecule has 0 saturated heterocycles. The number of hydrogen-bond acceptors (Lipinski definition) is 4. The van der Waals surface area contributed by atoms with Gasteiger partial charge in [0, 0.05) is 0 Å². The molecule has 2 aromatic rings. The maximum absolute atomic E-state index is 13.0. The highest BCUT2D eigenvalue weighted by molar-refractivity contribution is 7.86. The van der Waals surface area contributed by atoms with Crippen LogP contribution >= 0.6 is 0 Å². The molecule has 0 amide bonds. The summed E-state index contributed by atoms with van der Waals surface area (Å²) < 4.78 is 72.5. The Kier molecular flexibility index (Phi) is 11.7. The fourth-order valence-corrected chi connectivity index (χ4v) is 11.3. The Labute approximate surface area is 285 Å². The van der Waals surface area contributed by atoms with Crippen LogP contribution in [-0.4, -0.2) is 25.9 Å². The molecule has 0 radical (unpaired) electrons. The van der Waals surface area contributed by atoms with Crippen molar-refractivity contribution in [2.24, 2.45) is 5.92 Å². The zero-order chi connectivity index (χ0) is 34.1. The molecule has 47 heavy (non-hydrogen) atoms. The van der Waals surface area contributed by atoms with Gasteiger partial charge in [0.2, 0.25) is 0 Å². The number of hydrogen-bond donors (Lipinski definition) is 2. The zero-order valence-corrected chi connectivity index (χ0v) is 30.9. The van der Waals surface area contributed by atoms with Crippen LogP contribution in [0.4, 0.5) is 0 Å². The summed E-state index contributed by atoms with van der Waals surface area (Å²) in [5.74, 6) is 1.32. The minimum Gasteiger partial charge on any atom is -0.282 e. The summed E-state index contributed by atoms with van der Waals surface area (Å²) in [6.07, 6.45) is 15.6. The van der Waals surface area contributed by atoms with E-state index in [4.69, 9.17) is 0 Å². The standard InChI is InChI=1S/C39H58O6S2/c1-25(2)32-21-34(26(3)4)38(46(40,41)42)35(22-32)27(5)20-28-16-18-29(19-17-28)33-23-36(30-12-8-6-9-13-30)39(47(43,44)45)37(24-33)31-14-10-7-11-15-31/h21-31H,6-20H2,1-5H3,(H,40,41,42)(H,43,44,45). The van der Waals surface area contributed by atoms with Crippen molar-refractivity contribution in [3.63, 3.8) is 0 Å². The molecule has 6 nitrogen and oxygen atoms in total. The fraction of sp³-hybridized carbons (Fsp3) is 0.692. The molecule has 3 fully saturated rings. The van der Waals surface area contributed by atoms with Gasteiger partial charge >= 0.3 is 0 Å². The molecular weight excluding hydrogens is 629 g/mol. The SMILES string of the molecule is CC(C)c1cc(C(C)C)c(S(=O)(=O)O)c(C(C)CC2CCC(c3cc(C4CCCCC4)c(S(=O)(=O)O)c(C4CCCCC4)c3)CC2)c1. The summed E-state index contributed by atoms with van der Waals surface area (Å²) in [4.78, 5) is 0.323. The first kappa shape index (κ1) is 36.5. The van der Waals surface area contributed by atoms with Crippen molar-refractivity contribution in [2.75, 3.05) is 0 Å². The third-order valence-electron chi connectivity index (χ3n) is 11.8. The van der Waals surface area contributed by atoms with Crippen molar-refractivity contribution >= 4 is 20.2 Å². The predicted octanol–water partition coefficient (Wildman–Crippen LogP) is 11.0. The molecule has 2 aromatic carbocycles. The van der Waals surface area contributed by atoms with Crippen LogP contribution in [0.1, 0.15) is 200 Å². The maximum atomic E-state index is 13.0. The van der Waals surface area contributed by atoms with E-state index in [9.17, 15) is 25.9 Å². The first-order valence-corrected chi connectivity index (χ1v) is 21.3. The van der Waals surface area contributed by atoms with E-state index in [0.29, 0.717) is 17.4 Å². The molecule has 8 heteroatoms. The molecule has 1 atom stereocenters. The van der Waals surface area contributed by atoms with E-state index < -0.39 is 20.2 Å². The molecule has 3 aliphatic rings. The molecule has 0 spiro atoms. The van der Waals surface area contributed by atoms with E-state index in [1.807, 2.05) is 26.0 Å². The van der Waals surface area contributed by atoms with Crippen molar-refractivity contribution in [3.05, 3.63) is 57.6 Å². The normalized spacial score (nSPS) is 23.0. The van der Waals surface area contributed by atoms with E-state index in [-0.39, 0.29) is 39.4 Å². The highest BCUT2D eigenvalue weighted by Gasteiger charge is 2.34. The van der Waals surface area contributed by atoms with Gasteiger partial charge in [-0.3, -0.25) is 9.11 Å². The van der Waals surface area contributed by atoms with Crippen LogP contribution < -0.4 is 0 Å². The maximum Gasteiger partial charge on any atom is 0.295 e. The minimum atomic E-state index is -4.38. The number of rotatable bonds is 10. The first-order chi connectivity index (χ1) is 22.1. The van der Waals surface area contributed by atoms with Crippen LogP contribution in [-0.2, 0) is 20.2 Å². The fourth-order valence-electron chi connectivity index (χ4n) is 9.15. The van der Waals surface area contributed by atoms with Crippen LogP contribution in [0.5, 0.6) is 0 Å². The van der Waals surface area contributed by atoms with Gasteiger partial charge in [0.15, 0.2) is 0 Å². The Morgan fingerprint density at radius 2 is 1.04 bits per heavy atom. The van der Waals surface area contributed by atoms with Gasteiger partial charge < -0.3 is 0 Å². The van der Waals surface area contributed by atoms with Crippen molar-refractivity contribution in [1.29, 1.82) is 0 Å². The zero-order valence-electron chi connectivity index (χ0n) is 29.3. The molecule has 0 heterocycles. The summed E-state index contributed by atoms with van der Waals surface area (Å²) in [5.41, 5.74) is 5.50. The monoisotopic (exact) mass is 686 g/mol. The predicted molar refractivity (Wildman–Crippen MR) is 190 cm³/mol. The first-order valence-electron chi connectivity index (χ1n) is 18.5. The summed E-state index contributed by atoms with van der Waals surface area (Å²) in [6.45, 7) is 10.3. The second-order valence-electron chi connectivity index (χ2n) is 15.8.